The quantitative estimate of drug-likeness (QED) is 0.706. The Hall–Kier alpha value is -1.82. The molecule has 1 fully saturated rings. The summed E-state index contributed by atoms with van der Waals surface area (Å²) in [6.45, 7) is 3.49. The Morgan fingerprint density at radius 3 is 2.88 bits per heavy atom. The maximum atomic E-state index is 12.2. The van der Waals surface area contributed by atoms with Crippen molar-refractivity contribution in [2.24, 2.45) is 7.05 Å². The van der Waals surface area contributed by atoms with Crippen LogP contribution >= 0.6 is 0 Å². The maximum absolute atomic E-state index is 12.2. The Kier molecular flexibility index (Phi) is 2.36. The fourth-order valence-electron chi connectivity index (χ4n) is 2.27. The molecule has 2 aromatic heterocycles. The van der Waals surface area contributed by atoms with Gasteiger partial charge >= 0.3 is 5.69 Å². The summed E-state index contributed by atoms with van der Waals surface area (Å²) >= 11 is 0. The fourth-order valence-corrected chi connectivity index (χ4v) is 2.27. The second kappa shape index (κ2) is 3.89. The van der Waals surface area contributed by atoms with Crippen LogP contribution in [0.2, 0.25) is 0 Å². The van der Waals surface area contributed by atoms with Crippen LogP contribution in [0.5, 0.6) is 0 Å². The first-order valence-corrected chi connectivity index (χ1v) is 5.77. The lowest BCUT2D eigenvalue weighted by Gasteiger charge is -2.29. The number of fused-ring (bicyclic) bond motifs is 1. The van der Waals surface area contributed by atoms with Gasteiger partial charge in [0.15, 0.2) is 5.65 Å². The normalized spacial score (nSPS) is 16.6. The summed E-state index contributed by atoms with van der Waals surface area (Å²) in [5.74, 6) is 0. The van der Waals surface area contributed by atoms with Crippen LogP contribution in [0.1, 0.15) is 0 Å². The van der Waals surface area contributed by atoms with Gasteiger partial charge in [-0.2, -0.15) is 0 Å². The van der Waals surface area contributed by atoms with Gasteiger partial charge in [0, 0.05) is 39.4 Å². The monoisotopic (exact) mass is 233 g/mol. The molecule has 0 bridgehead atoms. The standard InChI is InChI=1S/C11H15N5O/c1-14-10-9(3-2-4-13-10)16(11(14)17)15-7-5-12-6-8-15/h2-4,12H,5-8H2,1H3. The van der Waals surface area contributed by atoms with Crippen LogP contribution in [0.3, 0.4) is 0 Å². The van der Waals surface area contributed by atoms with Crippen LogP contribution in [0.15, 0.2) is 23.1 Å². The van der Waals surface area contributed by atoms with E-state index in [1.807, 2.05) is 12.1 Å². The van der Waals surface area contributed by atoms with E-state index in [-0.39, 0.29) is 5.69 Å². The van der Waals surface area contributed by atoms with E-state index in [0.717, 1.165) is 37.3 Å². The van der Waals surface area contributed by atoms with E-state index in [2.05, 4.69) is 15.3 Å². The summed E-state index contributed by atoms with van der Waals surface area (Å²) in [6, 6.07) is 3.80. The number of hydrogen-bond acceptors (Lipinski definition) is 4. The number of aryl methyl sites for hydroxylation is 1. The minimum atomic E-state index is -0.0272. The first-order chi connectivity index (χ1) is 8.29. The van der Waals surface area contributed by atoms with Gasteiger partial charge in [0.25, 0.3) is 0 Å². The summed E-state index contributed by atoms with van der Waals surface area (Å²) in [4.78, 5) is 16.5. The maximum Gasteiger partial charge on any atom is 0.348 e. The smallest absolute Gasteiger partial charge is 0.313 e. The molecular weight excluding hydrogens is 218 g/mol. The van der Waals surface area contributed by atoms with Gasteiger partial charge in [-0.25, -0.2) is 14.5 Å². The van der Waals surface area contributed by atoms with Crippen LogP contribution in [0, 0.1) is 0 Å². The highest BCUT2D eigenvalue weighted by atomic mass is 16.2. The second-order valence-corrected chi connectivity index (χ2v) is 4.20. The number of nitrogens with one attached hydrogen (secondary N) is 1. The minimum absolute atomic E-state index is 0.0272. The zero-order valence-electron chi connectivity index (χ0n) is 9.76. The highest BCUT2D eigenvalue weighted by molar-refractivity contribution is 5.71. The topological polar surface area (TPSA) is 55.1 Å². The molecule has 0 spiro atoms. The number of imidazole rings is 1. The molecule has 90 valence electrons. The van der Waals surface area contributed by atoms with Crippen molar-refractivity contribution in [3.8, 4) is 0 Å². The molecule has 1 aliphatic rings. The molecule has 0 aliphatic carbocycles. The Morgan fingerprint density at radius 2 is 2.12 bits per heavy atom. The summed E-state index contributed by atoms with van der Waals surface area (Å²) in [5.41, 5.74) is 1.58. The van der Waals surface area contributed by atoms with Gasteiger partial charge in [0.05, 0.1) is 0 Å². The molecule has 6 heteroatoms. The lowest BCUT2D eigenvalue weighted by atomic mass is 10.4. The molecule has 17 heavy (non-hydrogen) atoms. The van der Waals surface area contributed by atoms with Crippen LogP contribution in [-0.2, 0) is 7.05 Å². The molecule has 0 radical (unpaired) electrons. The summed E-state index contributed by atoms with van der Waals surface area (Å²) < 4.78 is 3.33. The van der Waals surface area contributed by atoms with E-state index in [9.17, 15) is 4.79 Å². The largest absolute Gasteiger partial charge is 0.348 e. The van der Waals surface area contributed by atoms with Gasteiger partial charge in [-0.1, -0.05) is 0 Å². The van der Waals surface area contributed by atoms with Crippen molar-refractivity contribution in [2.45, 2.75) is 0 Å². The van der Waals surface area contributed by atoms with Crippen molar-refractivity contribution >= 4 is 11.2 Å². The minimum Gasteiger partial charge on any atom is -0.313 e. The molecule has 0 saturated carbocycles. The molecule has 0 unspecified atom stereocenters. The van der Waals surface area contributed by atoms with E-state index < -0.39 is 0 Å². The predicted octanol–water partition coefficient (Wildman–Crippen LogP) is -0.724. The van der Waals surface area contributed by atoms with Gasteiger partial charge in [-0.3, -0.25) is 4.57 Å². The Labute approximate surface area is 98.4 Å². The van der Waals surface area contributed by atoms with Crippen LogP contribution in [0.4, 0.5) is 0 Å². The third-order valence-corrected chi connectivity index (χ3v) is 3.16. The van der Waals surface area contributed by atoms with Gasteiger partial charge in [-0.05, 0) is 12.1 Å². The first-order valence-electron chi connectivity index (χ1n) is 5.77. The molecule has 1 saturated heterocycles. The molecule has 1 N–H and O–H groups in total. The van der Waals surface area contributed by atoms with Gasteiger partial charge in [-0.15, -0.1) is 0 Å². The van der Waals surface area contributed by atoms with Crippen molar-refractivity contribution in [3.05, 3.63) is 28.8 Å². The molecule has 0 aromatic carbocycles. The van der Waals surface area contributed by atoms with Gasteiger partial charge in [0.2, 0.25) is 0 Å². The second-order valence-electron chi connectivity index (χ2n) is 4.20. The number of aromatic nitrogens is 3. The van der Waals surface area contributed by atoms with E-state index >= 15 is 0 Å². The van der Waals surface area contributed by atoms with Crippen LogP contribution in [-0.4, -0.2) is 40.4 Å². The fraction of sp³-hybridized carbons (Fsp3) is 0.455. The average Bonchev–Trinajstić information content (AvgIpc) is 2.64. The number of pyridine rings is 1. The lowest BCUT2D eigenvalue weighted by molar-refractivity contribution is 0.486. The SMILES string of the molecule is Cn1c(=O)n(N2CCNCC2)c2cccnc21. The third kappa shape index (κ3) is 1.52. The average molecular weight is 233 g/mol. The lowest BCUT2D eigenvalue weighted by Crippen LogP contribution is -2.52. The summed E-state index contributed by atoms with van der Waals surface area (Å²) in [5, 5.41) is 5.35. The van der Waals surface area contributed by atoms with Crippen molar-refractivity contribution in [2.75, 3.05) is 31.2 Å². The molecule has 3 rings (SSSR count). The van der Waals surface area contributed by atoms with E-state index in [1.54, 1.807) is 22.5 Å². The molecule has 6 nitrogen and oxygen atoms in total. The molecular formula is C11H15N5O. The third-order valence-electron chi connectivity index (χ3n) is 3.16. The summed E-state index contributed by atoms with van der Waals surface area (Å²) in [6.07, 6.45) is 1.71. The molecule has 0 atom stereocenters. The Balaban J connectivity index is 2.21. The molecule has 3 heterocycles. The van der Waals surface area contributed by atoms with Gasteiger partial charge < -0.3 is 10.3 Å². The Bertz CT molecular complexity index is 593. The number of rotatable bonds is 1. The number of hydrogen-bond donors (Lipinski definition) is 1. The van der Waals surface area contributed by atoms with Crippen molar-refractivity contribution in [1.82, 2.24) is 19.5 Å². The zero-order valence-corrected chi connectivity index (χ0v) is 9.76. The molecule has 0 amide bonds. The van der Waals surface area contributed by atoms with Crippen molar-refractivity contribution < 1.29 is 0 Å². The van der Waals surface area contributed by atoms with Crippen molar-refractivity contribution in [1.29, 1.82) is 0 Å². The Morgan fingerprint density at radius 1 is 1.35 bits per heavy atom. The highest BCUT2D eigenvalue weighted by Crippen LogP contribution is 2.09. The van der Waals surface area contributed by atoms with Gasteiger partial charge in [0.1, 0.15) is 5.52 Å². The predicted molar refractivity (Wildman–Crippen MR) is 65.8 cm³/mol. The zero-order chi connectivity index (χ0) is 11.8. The number of piperazine rings is 1. The molecule has 2 aromatic rings. The highest BCUT2D eigenvalue weighted by Gasteiger charge is 2.18. The van der Waals surface area contributed by atoms with Crippen LogP contribution in [0.25, 0.3) is 11.2 Å². The van der Waals surface area contributed by atoms with E-state index in [4.69, 9.17) is 0 Å². The van der Waals surface area contributed by atoms with Crippen LogP contribution < -0.4 is 16.0 Å². The first kappa shape index (κ1) is 10.3. The van der Waals surface area contributed by atoms with E-state index in [0.29, 0.717) is 0 Å². The summed E-state index contributed by atoms with van der Waals surface area (Å²) in [7, 11) is 1.76. The van der Waals surface area contributed by atoms with Crippen molar-refractivity contribution in [3.63, 3.8) is 0 Å². The number of nitrogens with zero attached hydrogens (tertiary/aromatic N) is 4. The van der Waals surface area contributed by atoms with E-state index in [1.165, 1.54) is 0 Å². The molecule has 1 aliphatic heterocycles.